The summed E-state index contributed by atoms with van der Waals surface area (Å²) in [4.78, 5) is 16.5. The number of nitrogens with two attached hydrogens (primary N) is 1. The average molecular weight is 315 g/mol. The maximum atomic E-state index is 11.9. The summed E-state index contributed by atoms with van der Waals surface area (Å²) < 4.78 is 10.6. The van der Waals surface area contributed by atoms with Gasteiger partial charge in [-0.1, -0.05) is 0 Å². The lowest BCUT2D eigenvalue weighted by Crippen LogP contribution is -2.46. The van der Waals surface area contributed by atoms with Crippen LogP contribution in [0.2, 0.25) is 0 Å². The van der Waals surface area contributed by atoms with Gasteiger partial charge in [0.1, 0.15) is 11.6 Å². The molecule has 0 saturated carbocycles. The molecule has 1 aromatic carbocycles. The zero-order valence-corrected chi connectivity index (χ0v) is 13.2. The molecule has 0 aliphatic carbocycles. The summed E-state index contributed by atoms with van der Waals surface area (Å²) in [5.41, 5.74) is 5.90. The molecule has 1 fully saturated rings. The standard InChI is InChI=1S/C17H21N3O3/c1-22-13-4-2-12-3-5-15(20-14(12)10-13)19-11-17(16(18)21)6-8-23-9-7-17/h2-5,10H,6-9,11H2,1H3,(H2,18,21)(H,19,20). The van der Waals surface area contributed by atoms with Crippen molar-refractivity contribution in [1.82, 2.24) is 4.98 Å². The van der Waals surface area contributed by atoms with Crippen molar-refractivity contribution in [3.05, 3.63) is 30.3 Å². The number of ether oxygens (including phenoxy) is 2. The molecule has 1 amide bonds. The van der Waals surface area contributed by atoms with Crippen molar-refractivity contribution < 1.29 is 14.3 Å². The first-order valence-electron chi connectivity index (χ1n) is 7.69. The number of primary amides is 1. The molecule has 0 atom stereocenters. The van der Waals surface area contributed by atoms with Crippen LogP contribution < -0.4 is 15.8 Å². The van der Waals surface area contributed by atoms with E-state index >= 15 is 0 Å². The number of carbonyl (C=O) groups is 1. The van der Waals surface area contributed by atoms with Crippen LogP contribution in [0.25, 0.3) is 10.9 Å². The third-order valence-corrected chi connectivity index (χ3v) is 4.48. The Balaban J connectivity index is 1.79. The van der Waals surface area contributed by atoms with Gasteiger partial charge in [-0.3, -0.25) is 4.79 Å². The second-order valence-corrected chi connectivity index (χ2v) is 5.87. The van der Waals surface area contributed by atoms with Crippen LogP contribution in [0.3, 0.4) is 0 Å². The number of pyridine rings is 1. The minimum Gasteiger partial charge on any atom is -0.497 e. The molecule has 6 nitrogen and oxygen atoms in total. The quantitative estimate of drug-likeness (QED) is 0.880. The summed E-state index contributed by atoms with van der Waals surface area (Å²) in [7, 11) is 1.63. The minimum atomic E-state index is -0.566. The largest absolute Gasteiger partial charge is 0.497 e. The lowest BCUT2D eigenvalue weighted by molar-refractivity contribution is -0.132. The first-order chi connectivity index (χ1) is 11.1. The Morgan fingerprint density at radius 2 is 2.09 bits per heavy atom. The zero-order valence-electron chi connectivity index (χ0n) is 13.2. The SMILES string of the molecule is COc1ccc2ccc(NCC3(C(N)=O)CCOCC3)nc2c1. The highest BCUT2D eigenvalue weighted by atomic mass is 16.5. The maximum absolute atomic E-state index is 11.9. The van der Waals surface area contributed by atoms with Gasteiger partial charge in [-0.05, 0) is 37.1 Å². The normalized spacial score (nSPS) is 16.9. The molecule has 122 valence electrons. The highest BCUT2D eigenvalue weighted by molar-refractivity contribution is 5.83. The average Bonchev–Trinajstić information content (AvgIpc) is 2.60. The monoisotopic (exact) mass is 315 g/mol. The summed E-state index contributed by atoms with van der Waals surface area (Å²) in [6, 6.07) is 9.65. The number of nitrogens with zero attached hydrogens (tertiary/aromatic N) is 1. The lowest BCUT2D eigenvalue weighted by Gasteiger charge is -2.34. The van der Waals surface area contributed by atoms with Crippen LogP contribution in [0.15, 0.2) is 30.3 Å². The van der Waals surface area contributed by atoms with Crippen molar-refractivity contribution in [3.8, 4) is 5.75 Å². The molecule has 3 rings (SSSR count). The molecule has 1 aliphatic rings. The van der Waals surface area contributed by atoms with Crippen molar-refractivity contribution >= 4 is 22.6 Å². The zero-order chi connectivity index (χ0) is 16.3. The smallest absolute Gasteiger partial charge is 0.225 e. The predicted molar refractivity (Wildman–Crippen MR) is 88.5 cm³/mol. The van der Waals surface area contributed by atoms with Crippen molar-refractivity contribution in [3.63, 3.8) is 0 Å². The molecule has 0 spiro atoms. The number of fused-ring (bicyclic) bond motifs is 1. The van der Waals surface area contributed by atoms with E-state index in [1.807, 2.05) is 30.3 Å². The number of aromatic nitrogens is 1. The van der Waals surface area contributed by atoms with Crippen LogP contribution in [0.5, 0.6) is 5.75 Å². The van der Waals surface area contributed by atoms with Gasteiger partial charge in [0, 0.05) is 31.2 Å². The number of anilines is 1. The molecule has 0 radical (unpaired) electrons. The Hall–Kier alpha value is -2.34. The highest BCUT2D eigenvalue weighted by Gasteiger charge is 2.38. The molecule has 1 aliphatic heterocycles. The number of hydrogen-bond donors (Lipinski definition) is 2. The molecular weight excluding hydrogens is 294 g/mol. The highest BCUT2D eigenvalue weighted by Crippen LogP contribution is 2.30. The number of hydrogen-bond acceptors (Lipinski definition) is 5. The lowest BCUT2D eigenvalue weighted by atomic mass is 9.79. The third-order valence-electron chi connectivity index (χ3n) is 4.48. The first kappa shape index (κ1) is 15.6. The Morgan fingerprint density at radius 3 is 2.78 bits per heavy atom. The fourth-order valence-electron chi connectivity index (χ4n) is 2.85. The maximum Gasteiger partial charge on any atom is 0.225 e. The van der Waals surface area contributed by atoms with Gasteiger partial charge >= 0.3 is 0 Å². The topological polar surface area (TPSA) is 86.5 Å². The van der Waals surface area contributed by atoms with E-state index in [4.69, 9.17) is 15.2 Å². The number of benzene rings is 1. The summed E-state index contributed by atoms with van der Waals surface area (Å²) in [5.74, 6) is 1.20. The molecule has 2 aromatic rings. The van der Waals surface area contributed by atoms with Crippen molar-refractivity contribution in [1.29, 1.82) is 0 Å². The van der Waals surface area contributed by atoms with Crippen LogP contribution >= 0.6 is 0 Å². The van der Waals surface area contributed by atoms with Gasteiger partial charge in [0.15, 0.2) is 0 Å². The molecule has 0 unspecified atom stereocenters. The second kappa shape index (κ2) is 6.42. The van der Waals surface area contributed by atoms with Gasteiger partial charge in [-0.2, -0.15) is 0 Å². The van der Waals surface area contributed by atoms with Gasteiger partial charge in [0.2, 0.25) is 5.91 Å². The van der Waals surface area contributed by atoms with E-state index in [2.05, 4.69) is 10.3 Å². The Kier molecular flexibility index (Phi) is 4.34. The van der Waals surface area contributed by atoms with E-state index in [-0.39, 0.29) is 5.91 Å². The number of carbonyl (C=O) groups excluding carboxylic acids is 1. The molecule has 1 saturated heterocycles. The number of methoxy groups -OCH3 is 1. The van der Waals surface area contributed by atoms with E-state index < -0.39 is 5.41 Å². The molecule has 2 heterocycles. The summed E-state index contributed by atoms with van der Waals surface area (Å²) in [5, 5.41) is 4.29. The number of nitrogens with one attached hydrogen (secondary N) is 1. The van der Waals surface area contributed by atoms with Crippen LogP contribution in [0.4, 0.5) is 5.82 Å². The van der Waals surface area contributed by atoms with Crippen molar-refractivity contribution in [2.75, 3.05) is 32.2 Å². The summed E-state index contributed by atoms with van der Waals surface area (Å²) >= 11 is 0. The van der Waals surface area contributed by atoms with Crippen LogP contribution in [0, 0.1) is 5.41 Å². The molecule has 3 N–H and O–H groups in total. The Bertz CT molecular complexity index is 711. The predicted octanol–water partition coefficient (Wildman–Crippen LogP) is 1.94. The molecular formula is C17H21N3O3. The first-order valence-corrected chi connectivity index (χ1v) is 7.69. The van der Waals surface area contributed by atoms with Crippen molar-refractivity contribution in [2.24, 2.45) is 11.1 Å². The van der Waals surface area contributed by atoms with Crippen LogP contribution in [-0.4, -0.2) is 37.8 Å². The van der Waals surface area contributed by atoms with E-state index in [0.29, 0.717) is 32.6 Å². The molecule has 0 bridgehead atoms. The minimum absolute atomic E-state index is 0.282. The summed E-state index contributed by atoms with van der Waals surface area (Å²) in [6.07, 6.45) is 1.27. The summed E-state index contributed by atoms with van der Waals surface area (Å²) in [6.45, 7) is 1.59. The Morgan fingerprint density at radius 1 is 1.35 bits per heavy atom. The number of rotatable bonds is 5. The van der Waals surface area contributed by atoms with Crippen LogP contribution in [-0.2, 0) is 9.53 Å². The molecule has 6 heteroatoms. The van der Waals surface area contributed by atoms with Gasteiger partial charge in [-0.15, -0.1) is 0 Å². The van der Waals surface area contributed by atoms with E-state index in [9.17, 15) is 4.79 Å². The van der Waals surface area contributed by atoms with Crippen LogP contribution in [0.1, 0.15) is 12.8 Å². The molecule has 1 aromatic heterocycles. The van der Waals surface area contributed by atoms with E-state index in [1.165, 1.54) is 0 Å². The van der Waals surface area contributed by atoms with E-state index in [0.717, 1.165) is 22.5 Å². The number of amides is 1. The fourth-order valence-corrected chi connectivity index (χ4v) is 2.85. The van der Waals surface area contributed by atoms with Gasteiger partial charge in [0.05, 0.1) is 18.0 Å². The second-order valence-electron chi connectivity index (χ2n) is 5.87. The molecule has 23 heavy (non-hydrogen) atoms. The van der Waals surface area contributed by atoms with Gasteiger partial charge in [-0.25, -0.2) is 4.98 Å². The third kappa shape index (κ3) is 3.22. The van der Waals surface area contributed by atoms with Gasteiger partial charge in [0.25, 0.3) is 0 Å². The van der Waals surface area contributed by atoms with Gasteiger partial charge < -0.3 is 20.5 Å². The van der Waals surface area contributed by atoms with Crippen molar-refractivity contribution in [2.45, 2.75) is 12.8 Å². The fraction of sp³-hybridized carbons (Fsp3) is 0.412. The Labute approximate surface area is 135 Å². The van der Waals surface area contributed by atoms with E-state index in [1.54, 1.807) is 7.11 Å².